The van der Waals surface area contributed by atoms with Crippen molar-refractivity contribution in [1.29, 1.82) is 0 Å². The monoisotopic (exact) mass is 365 g/mol. The van der Waals surface area contributed by atoms with Crippen LogP contribution in [0.2, 0.25) is 0 Å². The van der Waals surface area contributed by atoms with E-state index in [4.69, 9.17) is 4.74 Å². The maximum atomic E-state index is 12.6. The van der Waals surface area contributed by atoms with Gasteiger partial charge in [-0.05, 0) is 17.7 Å². The lowest BCUT2D eigenvalue weighted by molar-refractivity contribution is 0.0955. The zero-order valence-corrected chi connectivity index (χ0v) is 14.9. The van der Waals surface area contributed by atoms with Crippen LogP contribution in [0.25, 0.3) is 0 Å². The summed E-state index contributed by atoms with van der Waals surface area (Å²) < 4.78 is 5.59. The van der Waals surface area contributed by atoms with Crippen LogP contribution in [-0.2, 0) is 4.74 Å². The van der Waals surface area contributed by atoms with Crippen molar-refractivity contribution >= 4 is 17.5 Å². The quantitative estimate of drug-likeness (QED) is 0.620. The molecule has 0 bridgehead atoms. The molecule has 2 amide bonds. The Kier molecular flexibility index (Phi) is 5.58. The van der Waals surface area contributed by atoms with E-state index in [1.807, 2.05) is 30.3 Å². The number of aromatic amines is 1. The fourth-order valence-corrected chi connectivity index (χ4v) is 2.64. The van der Waals surface area contributed by atoms with Gasteiger partial charge in [0.15, 0.2) is 0 Å². The summed E-state index contributed by atoms with van der Waals surface area (Å²) in [4.78, 5) is 29.2. The number of ether oxygens (including phenoxy) is 1. The molecule has 0 fully saturated rings. The van der Waals surface area contributed by atoms with Gasteiger partial charge >= 0.3 is 0 Å². The van der Waals surface area contributed by atoms with Crippen molar-refractivity contribution in [3.63, 3.8) is 0 Å². The van der Waals surface area contributed by atoms with Crippen molar-refractivity contribution in [2.75, 3.05) is 19.5 Å². The van der Waals surface area contributed by atoms with Crippen LogP contribution in [0.15, 0.2) is 54.9 Å². The largest absolute Gasteiger partial charge is 0.370 e. The van der Waals surface area contributed by atoms with E-state index in [0.29, 0.717) is 11.4 Å². The number of pyridine rings is 1. The minimum atomic E-state index is -0.517. The van der Waals surface area contributed by atoms with Gasteiger partial charge in [0.2, 0.25) is 0 Å². The van der Waals surface area contributed by atoms with Crippen molar-refractivity contribution in [1.82, 2.24) is 20.5 Å². The van der Waals surface area contributed by atoms with Crippen molar-refractivity contribution in [3.8, 4) is 0 Å². The summed E-state index contributed by atoms with van der Waals surface area (Å²) in [6, 6.07) is 12.5. The highest BCUT2D eigenvalue weighted by atomic mass is 16.5. The summed E-state index contributed by atoms with van der Waals surface area (Å²) >= 11 is 0. The summed E-state index contributed by atoms with van der Waals surface area (Å²) in [6.45, 7) is 0. The lowest BCUT2D eigenvalue weighted by Crippen LogP contribution is -2.22. The third-order valence-electron chi connectivity index (χ3n) is 3.93. The van der Waals surface area contributed by atoms with E-state index in [1.165, 1.54) is 19.3 Å². The second-order valence-electron chi connectivity index (χ2n) is 5.71. The van der Waals surface area contributed by atoms with Gasteiger partial charge in [-0.15, -0.1) is 0 Å². The number of anilines is 1. The zero-order chi connectivity index (χ0) is 19.2. The van der Waals surface area contributed by atoms with E-state index in [1.54, 1.807) is 19.4 Å². The number of H-pyrrole nitrogens is 1. The number of carbonyl (C=O) groups excluding carboxylic acids is 2. The molecule has 3 N–H and O–H groups in total. The molecule has 2 aromatic heterocycles. The maximum absolute atomic E-state index is 12.6. The Bertz CT molecular complexity index is 926. The van der Waals surface area contributed by atoms with Gasteiger partial charge in [-0.3, -0.25) is 14.7 Å². The van der Waals surface area contributed by atoms with Crippen molar-refractivity contribution in [3.05, 3.63) is 77.4 Å². The molecule has 138 valence electrons. The van der Waals surface area contributed by atoms with Crippen LogP contribution in [0.3, 0.4) is 0 Å². The first-order valence-electron chi connectivity index (χ1n) is 8.24. The van der Waals surface area contributed by atoms with Crippen LogP contribution >= 0.6 is 0 Å². The van der Waals surface area contributed by atoms with Crippen molar-refractivity contribution < 1.29 is 14.3 Å². The molecule has 0 unspecified atom stereocenters. The molecule has 1 aromatic carbocycles. The molecule has 3 aromatic rings. The van der Waals surface area contributed by atoms with Gasteiger partial charge < -0.3 is 15.4 Å². The third-order valence-corrected chi connectivity index (χ3v) is 3.93. The Morgan fingerprint density at radius 1 is 1.15 bits per heavy atom. The second kappa shape index (κ2) is 8.24. The van der Waals surface area contributed by atoms with E-state index in [2.05, 4.69) is 25.8 Å². The predicted octanol–water partition coefficient (Wildman–Crippen LogP) is 2.15. The van der Waals surface area contributed by atoms with Gasteiger partial charge in [-0.2, -0.15) is 5.10 Å². The molecule has 27 heavy (non-hydrogen) atoms. The number of hydrogen-bond acceptors (Lipinski definition) is 5. The van der Waals surface area contributed by atoms with E-state index in [0.717, 1.165) is 5.56 Å². The average molecular weight is 365 g/mol. The minimum absolute atomic E-state index is 0.130. The summed E-state index contributed by atoms with van der Waals surface area (Å²) in [5.41, 5.74) is 2.26. The molecule has 0 radical (unpaired) electrons. The number of aromatic nitrogens is 3. The normalized spacial score (nSPS) is 11.6. The topological polar surface area (TPSA) is 109 Å². The van der Waals surface area contributed by atoms with Gasteiger partial charge in [-0.25, -0.2) is 4.98 Å². The molecule has 0 aliphatic rings. The number of nitrogens with one attached hydrogen (secondary N) is 3. The molecule has 0 aliphatic heterocycles. The molecular formula is C19H19N5O3. The second-order valence-corrected chi connectivity index (χ2v) is 5.71. The lowest BCUT2D eigenvalue weighted by atomic mass is 10.0. The molecule has 0 saturated heterocycles. The van der Waals surface area contributed by atoms with Gasteiger partial charge in [0.25, 0.3) is 11.8 Å². The van der Waals surface area contributed by atoms with E-state index < -0.39 is 12.0 Å². The minimum Gasteiger partial charge on any atom is -0.370 e. The number of carbonyl (C=O) groups is 2. The Morgan fingerprint density at radius 3 is 2.56 bits per heavy atom. The molecule has 3 rings (SSSR count). The summed E-state index contributed by atoms with van der Waals surface area (Å²) in [5, 5.41) is 11.7. The Hall–Kier alpha value is -3.52. The maximum Gasteiger partial charge on any atom is 0.269 e. The molecule has 8 nitrogen and oxygen atoms in total. The Balaban J connectivity index is 2.02. The molecule has 0 saturated carbocycles. The molecule has 0 aliphatic carbocycles. The number of nitrogens with zero attached hydrogens (tertiary/aromatic N) is 2. The number of benzene rings is 1. The van der Waals surface area contributed by atoms with Crippen LogP contribution in [0.1, 0.15) is 38.2 Å². The van der Waals surface area contributed by atoms with Crippen LogP contribution < -0.4 is 10.6 Å². The first-order valence-corrected chi connectivity index (χ1v) is 8.24. The molecular weight excluding hydrogens is 346 g/mol. The number of rotatable bonds is 6. The number of hydrogen-bond donors (Lipinski definition) is 3. The standard InChI is InChI=1S/C19H19N5O3/c1-20-19(26)16-9-13(18(25)23-14-10-21-22-11-14)8-15(24-16)17(27-2)12-6-4-3-5-7-12/h3-11,17H,1-2H3,(H,20,26)(H,21,22)(H,23,25)/t17-/m0/s1. The van der Waals surface area contributed by atoms with Crippen LogP contribution in [0, 0.1) is 0 Å². The lowest BCUT2D eigenvalue weighted by Gasteiger charge is -2.17. The van der Waals surface area contributed by atoms with Gasteiger partial charge in [0.05, 0.1) is 17.6 Å². The Labute approximate surface area is 156 Å². The third kappa shape index (κ3) is 4.18. The van der Waals surface area contributed by atoms with Crippen LogP contribution in [-0.4, -0.2) is 41.2 Å². The SMILES string of the molecule is CNC(=O)c1cc(C(=O)Nc2cn[nH]c2)cc([C@@H](OC)c2ccccc2)n1. The fourth-order valence-electron chi connectivity index (χ4n) is 2.64. The fraction of sp³-hybridized carbons (Fsp3) is 0.158. The molecule has 0 spiro atoms. The number of amides is 2. The first kappa shape index (κ1) is 18.3. The molecule has 2 heterocycles. The highest BCUT2D eigenvalue weighted by Gasteiger charge is 2.20. The first-order chi connectivity index (χ1) is 13.1. The Morgan fingerprint density at radius 2 is 1.93 bits per heavy atom. The van der Waals surface area contributed by atoms with E-state index in [-0.39, 0.29) is 17.2 Å². The van der Waals surface area contributed by atoms with Crippen molar-refractivity contribution in [2.24, 2.45) is 0 Å². The van der Waals surface area contributed by atoms with E-state index in [9.17, 15) is 9.59 Å². The van der Waals surface area contributed by atoms with Crippen LogP contribution in [0.5, 0.6) is 0 Å². The average Bonchev–Trinajstić information content (AvgIpc) is 3.21. The zero-order valence-electron chi connectivity index (χ0n) is 14.9. The van der Waals surface area contributed by atoms with Gasteiger partial charge in [0, 0.05) is 25.9 Å². The molecule has 8 heteroatoms. The summed E-state index contributed by atoms with van der Waals surface area (Å²) in [7, 11) is 3.06. The highest BCUT2D eigenvalue weighted by molar-refractivity contribution is 6.05. The summed E-state index contributed by atoms with van der Waals surface area (Å²) in [5.74, 6) is -0.773. The van der Waals surface area contributed by atoms with Crippen molar-refractivity contribution in [2.45, 2.75) is 6.10 Å². The van der Waals surface area contributed by atoms with Gasteiger partial charge in [-0.1, -0.05) is 30.3 Å². The summed E-state index contributed by atoms with van der Waals surface area (Å²) in [6.07, 6.45) is 2.53. The number of methoxy groups -OCH3 is 1. The van der Waals surface area contributed by atoms with Gasteiger partial charge in [0.1, 0.15) is 11.8 Å². The highest BCUT2D eigenvalue weighted by Crippen LogP contribution is 2.25. The smallest absolute Gasteiger partial charge is 0.269 e. The predicted molar refractivity (Wildman–Crippen MR) is 99.5 cm³/mol. The molecule has 1 atom stereocenters. The van der Waals surface area contributed by atoms with Crippen LogP contribution in [0.4, 0.5) is 5.69 Å². The van der Waals surface area contributed by atoms with E-state index >= 15 is 0 Å².